The lowest BCUT2D eigenvalue weighted by atomic mass is 10.2. The van der Waals surface area contributed by atoms with Crippen molar-refractivity contribution in [3.63, 3.8) is 0 Å². The number of rotatable bonds is 6. The van der Waals surface area contributed by atoms with Crippen LogP contribution in [0.4, 0.5) is 11.5 Å². The third-order valence-electron chi connectivity index (χ3n) is 3.27. The molecule has 4 heteroatoms. The van der Waals surface area contributed by atoms with Crippen molar-refractivity contribution < 1.29 is 4.74 Å². The van der Waals surface area contributed by atoms with Gasteiger partial charge in [0.25, 0.3) is 0 Å². The molecule has 1 fully saturated rings. The van der Waals surface area contributed by atoms with Crippen LogP contribution in [0.15, 0.2) is 12.1 Å². The molecule has 0 aromatic carbocycles. The molecule has 1 saturated carbocycles. The van der Waals surface area contributed by atoms with E-state index >= 15 is 0 Å². The molecule has 0 unspecified atom stereocenters. The Morgan fingerprint density at radius 1 is 1.35 bits per heavy atom. The van der Waals surface area contributed by atoms with E-state index in [1.165, 1.54) is 12.8 Å². The molecular formula is C16H27N3O. The van der Waals surface area contributed by atoms with Crippen molar-refractivity contribution in [3.8, 4) is 5.88 Å². The second-order valence-electron chi connectivity index (χ2n) is 6.67. The van der Waals surface area contributed by atoms with E-state index in [1.807, 2.05) is 32.9 Å². The Bertz CT molecular complexity index is 450. The zero-order valence-corrected chi connectivity index (χ0v) is 13.1. The molecule has 2 rings (SSSR count). The van der Waals surface area contributed by atoms with Gasteiger partial charge < -0.3 is 15.4 Å². The summed E-state index contributed by atoms with van der Waals surface area (Å²) in [6, 6.07) is 3.90. The number of aromatic nitrogens is 1. The van der Waals surface area contributed by atoms with Crippen LogP contribution >= 0.6 is 0 Å². The Morgan fingerprint density at radius 3 is 2.60 bits per heavy atom. The highest BCUT2D eigenvalue weighted by atomic mass is 16.5. The molecule has 2 N–H and O–H groups in total. The SMILES string of the molecule is CCCN(CC1CC1)c1ccc(N)c(OC(C)(C)C)n1. The Kier molecular flexibility index (Phi) is 4.41. The largest absolute Gasteiger partial charge is 0.470 e. The van der Waals surface area contributed by atoms with Gasteiger partial charge in [0.2, 0.25) is 5.88 Å². The van der Waals surface area contributed by atoms with Crippen LogP contribution in [0.1, 0.15) is 47.0 Å². The monoisotopic (exact) mass is 277 g/mol. The number of nitrogens with two attached hydrogens (primary N) is 1. The van der Waals surface area contributed by atoms with Crippen molar-refractivity contribution in [1.29, 1.82) is 0 Å². The fourth-order valence-electron chi connectivity index (χ4n) is 2.17. The first-order valence-corrected chi connectivity index (χ1v) is 7.59. The van der Waals surface area contributed by atoms with E-state index in [0.717, 1.165) is 31.2 Å². The summed E-state index contributed by atoms with van der Waals surface area (Å²) in [7, 11) is 0. The van der Waals surface area contributed by atoms with Gasteiger partial charge in [-0.15, -0.1) is 0 Å². The molecule has 0 bridgehead atoms. The van der Waals surface area contributed by atoms with Gasteiger partial charge in [-0.3, -0.25) is 0 Å². The molecule has 0 amide bonds. The highest BCUT2D eigenvalue weighted by Gasteiger charge is 2.25. The van der Waals surface area contributed by atoms with Gasteiger partial charge in [-0.2, -0.15) is 4.98 Å². The molecule has 1 aliphatic carbocycles. The molecule has 0 spiro atoms. The Labute approximate surface area is 122 Å². The van der Waals surface area contributed by atoms with Crippen molar-refractivity contribution in [1.82, 2.24) is 4.98 Å². The van der Waals surface area contributed by atoms with Gasteiger partial charge in [-0.05, 0) is 58.1 Å². The van der Waals surface area contributed by atoms with E-state index in [9.17, 15) is 0 Å². The number of pyridine rings is 1. The number of hydrogen-bond acceptors (Lipinski definition) is 4. The Balaban J connectivity index is 2.18. The molecule has 1 heterocycles. The molecule has 0 saturated heterocycles. The quantitative estimate of drug-likeness (QED) is 0.865. The van der Waals surface area contributed by atoms with Crippen molar-refractivity contribution in [2.75, 3.05) is 23.7 Å². The van der Waals surface area contributed by atoms with Crippen molar-refractivity contribution >= 4 is 11.5 Å². The molecule has 1 aliphatic rings. The smallest absolute Gasteiger partial charge is 0.239 e. The molecule has 0 aliphatic heterocycles. The molecule has 1 aromatic rings. The first-order chi connectivity index (χ1) is 9.39. The van der Waals surface area contributed by atoms with Crippen LogP contribution in [0, 0.1) is 5.92 Å². The summed E-state index contributed by atoms with van der Waals surface area (Å²) in [4.78, 5) is 6.99. The number of nitrogen functional groups attached to an aromatic ring is 1. The average molecular weight is 277 g/mol. The van der Waals surface area contributed by atoms with Gasteiger partial charge in [0, 0.05) is 13.1 Å². The minimum Gasteiger partial charge on any atom is -0.470 e. The summed E-state index contributed by atoms with van der Waals surface area (Å²) < 4.78 is 5.86. The fourth-order valence-corrected chi connectivity index (χ4v) is 2.17. The van der Waals surface area contributed by atoms with Gasteiger partial charge in [-0.25, -0.2) is 0 Å². The minimum atomic E-state index is -0.286. The summed E-state index contributed by atoms with van der Waals surface area (Å²) >= 11 is 0. The van der Waals surface area contributed by atoms with Crippen LogP contribution in [-0.2, 0) is 0 Å². The molecule has 4 nitrogen and oxygen atoms in total. The second kappa shape index (κ2) is 5.90. The Morgan fingerprint density at radius 2 is 2.05 bits per heavy atom. The Hall–Kier alpha value is -1.45. The fraction of sp³-hybridized carbons (Fsp3) is 0.688. The predicted molar refractivity (Wildman–Crippen MR) is 84.3 cm³/mol. The van der Waals surface area contributed by atoms with Crippen molar-refractivity contribution in [2.45, 2.75) is 52.6 Å². The van der Waals surface area contributed by atoms with E-state index in [0.29, 0.717) is 11.6 Å². The maximum absolute atomic E-state index is 5.98. The van der Waals surface area contributed by atoms with Gasteiger partial charge in [-0.1, -0.05) is 6.92 Å². The third kappa shape index (κ3) is 4.29. The first kappa shape index (κ1) is 14.9. The topological polar surface area (TPSA) is 51.4 Å². The zero-order valence-electron chi connectivity index (χ0n) is 13.1. The highest BCUT2D eigenvalue weighted by molar-refractivity contribution is 5.54. The summed E-state index contributed by atoms with van der Waals surface area (Å²) in [5, 5.41) is 0. The standard InChI is InChI=1S/C16H27N3O/c1-5-10-19(11-12-6-7-12)14-9-8-13(17)15(18-14)20-16(2,3)4/h8-9,12H,5-7,10-11,17H2,1-4H3. The number of hydrogen-bond donors (Lipinski definition) is 1. The van der Waals surface area contributed by atoms with E-state index in [-0.39, 0.29) is 5.60 Å². The van der Waals surface area contributed by atoms with Crippen LogP contribution in [-0.4, -0.2) is 23.7 Å². The molecular weight excluding hydrogens is 250 g/mol. The lowest BCUT2D eigenvalue weighted by Gasteiger charge is -2.26. The van der Waals surface area contributed by atoms with E-state index in [2.05, 4.69) is 16.8 Å². The van der Waals surface area contributed by atoms with Gasteiger partial charge >= 0.3 is 0 Å². The van der Waals surface area contributed by atoms with Crippen LogP contribution in [0.25, 0.3) is 0 Å². The van der Waals surface area contributed by atoms with E-state index in [4.69, 9.17) is 10.5 Å². The third-order valence-corrected chi connectivity index (χ3v) is 3.27. The normalized spacial score (nSPS) is 15.2. The highest BCUT2D eigenvalue weighted by Crippen LogP contribution is 2.32. The molecule has 0 radical (unpaired) electrons. The van der Waals surface area contributed by atoms with Crippen molar-refractivity contribution in [2.24, 2.45) is 5.92 Å². The number of anilines is 2. The minimum absolute atomic E-state index is 0.286. The van der Waals surface area contributed by atoms with Crippen LogP contribution < -0.4 is 15.4 Å². The number of nitrogens with zero attached hydrogens (tertiary/aromatic N) is 2. The summed E-state index contributed by atoms with van der Waals surface area (Å²) in [5.74, 6) is 2.37. The maximum Gasteiger partial charge on any atom is 0.239 e. The summed E-state index contributed by atoms with van der Waals surface area (Å²) in [6.45, 7) is 10.4. The van der Waals surface area contributed by atoms with Gasteiger partial charge in [0.05, 0.1) is 5.69 Å². The lowest BCUT2D eigenvalue weighted by Crippen LogP contribution is -2.28. The summed E-state index contributed by atoms with van der Waals surface area (Å²) in [6.07, 6.45) is 3.81. The summed E-state index contributed by atoms with van der Waals surface area (Å²) in [5.41, 5.74) is 6.30. The van der Waals surface area contributed by atoms with E-state index < -0.39 is 0 Å². The number of ether oxygens (including phenoxy) is 1. The molecule has 20 heavy (non-hydrogen) atoms. The lowest BCUT2D eigenvalue weighted by molar-refractivity contribution is 0.125. The van der Waals surface area contributed by atoms with E-state index in [1.54, 1.807) is 0 Å². The van der Waals surface area contributed by atoms with Crippen LogP contribution in [0.3, 0.4) is 0 Å². The molecule has 1 aromatic heterocycles. The maximum atomic E-state index is 5.98. The second-order valence-corrected chi connectivity index (χ2v) is 6.67. The van der Waals surface area contributed by atoms with Crippen molar-refractivity contribution in [3.05, 3.63) is 12.1 Å². The van der Waals surface area contributed by atoms with Crippen LogP contribution in [0.5, 0.6) is 5.88 Å². The van der Waals surface area contributed by atoms with Crippen LogP contribution in [0.2, 0.25) is 0 Å². The van der Waals surface area contributed by atoms with Gasteiger partial charge in [0.15, 0.2) is 0 Å². The first-order valence-electron chi connectivity index (χ1n) is 7.59. The predicted octanol–water partition coefficient (Wildman–Crippen LogP) is 3.47. The zero-order chi connectivity index (χ0) is 14.8. The molecule has 112 valence electrons. The molecule has 0 atom stereocenters. The average Bonchev–Trinajstić information content (AvgIpc) is 3.14. The van der Waals surface area contributed by atoms with Gasteiger partial charge in [0.1, 0.15) is 11.4 Å².